The molecule has 1 fully saturated rings. The number of hydrogen-bond donors (Lipinski definition) is 0. The summed E-state index contributed by atoms with van der Waals surface area (Å²) in [7, 11) is 0. The molecule has 9 heteroatoms. The standard InChI is InChI=1S/C25H26ClNO6S/c1-4-31-21-11-18(7-10-20(21)32-15-17-5-8-19(26)9-6-17)12-22-24(29)27(25(30)34-22)13-23(28)33-14-16(2)3/h5-12,16H,4,13-15H2,1-3H3/b22-12+. The summed E-state index contributed by atoms with van der Waals surface area (Å²) in [6.07, 6.45) is 1.59. The molecule has 34 heavy (non-hydrogen) atoms. The fourth-order valence-electron chi connectivity index (χ4n) is 2.97. The first-order valence-electron chi connectivity index (χ1n) is 10.8. The molecule has 1 aliphatic heterocycles. The average Bonchev–Trinajstić information content (AvgIpc) is 3.05. The Morgan fingerprint density at radius 2 is 1.82 bits per heavy atom. The minimum absolute atomic E-state index is 0.163. The van der Waals surface area contributed by atoms with E-state index in [1.54, 1.807) is 36.4 Å². The molecular weight excluding hydrogens is 478 g/mol. The summed E-state index contributed by atoms with van der Waals surface area (Å²) >= 11 is 6.70. The summed E-state index contributed by atoms with van der Waals surface area (Å²) in [5.74, 6) is 0.0868. The minimum atomic E-state index is -0.613. The lowest BCUT2D eigenvalue weighted by atomic mass is 10.1. The molecule has 1 saturated heterocycles. The number of nitrogens with zero attached hydrogens (tertiary/aromatic N) is 1. The van der Waals surface area contributed by atoms with Crippen LogP contribution in [0.2, 0.25) is 5.02 Å². The van der Waals surface area contributed by atoms with Crippen LogP contribution in [0.4, 0.5) is 4.79 Å². The van der Waals surface area contributed by atoms with Gasteiger partial charge in [-0.3, -0.25) is 19.3 Å². The van der Waals surface area contributed by atoms with Gasteiger partial charge in [0.15, 0.2) is 11.5 Å². The zero-order chi connectivity index (χ0) is 24.7. The van der Waals surface area contributed by atoms with Gasteiger partial charge < -0.3 is 14.2 Å². The van der Waals surface area contributed by atoms with Gasteiger partial charge in [-0.2, -0.15) is 0 Å². The lowest BCUT2D eigenvalue weighted by Gasteiger charge is -2.13. The molecular formula is C25H26ClNO6S. The van der Waals surface area contributed by atoms with Crippen LogP contribution in [0.3, 0.4) is 0 Å². The molecule has 2 aromatic carbocycles. The maximum absolute atomic E-state index is 12.7. The van der Waals surface area contributed by atoms with E-state index in [-0.39, 0.29) is 17.4 Å². The van der Waals surface area contributed by atoms with E-state index in [1.807, 2.05) is 32.9 Å². The number of carbonyl (C=O) groups excluding carboxylic acids is 3. The molecule has 2 amide bonds. The van der Waals surface area contributed by atoms with Crippen LogP contribution in [-0.4, -0.2) is 41.8 Å². The molecule has 0 N–H and O–H groups in total. The molecule has 180 valence electrons. The highest BCUT2D eigenvalue weighted by molar-refractivity contribution is 8.18. The van der Waals surface area contributed by atoms with Crippen molar-refractivity contribution in [3.63, 3.8) is 0 Å². The monoisotopic (exact) mass is 503 g/mol. The van der Waals surface area contributed by atoms with Crippen molar-refractivity contribution in [2.45, 2.75) is 27.4 Å². The van der Waals surface area contributed by atoms with E-state index in [9.17, 15) is 14.4 Å². The number of hydrogen-bond acceptors (Lipinski definition) is 7. The summed E-state index contributed by atoms with van der Waals surface area (Å²) in [6.45, 7) is 6.26. The van der Waals surface area contributed by atoms with Crippen molar-refractivity contribution in [1.82, 2.24) is 4.90 Å². The highest BCUT2D eigenvalue weighted by Gasteiger charge is 2.36. The van der Waals surface area contributed by atoms with Crippen molar-refractivity contribution < 1.29 is 28.6 Å². The maximum Gasteiger partial charge on any atom is 0.326 e. The van der Waals surface area contributed by atoms with Gasteiger partial charge in [0.2, 0.25) is 0 Å². The highest BCUT2D eigenvalue weighted by Crippen LogP contribution is 2.35. The van der Waals surface area contributed by atoms with Gasteiger partial charge >= 0.3 is 5.97 Å². The Kier molecular flexibility index (Phi) is 9.01. The number of esters is 1. The Morgan fingerprint density at radius 3 is 2.50 bits per heavy atom. The largest absolute Gasteiger partial charge is 0.490 e. The van der Waals surface area contributed by atoms with E-state index in [1.165, 1.54) is 0 Å². The number of ether oxygens (including phenoxy) is 3. The predicted octanol–water partition coefficient (Wildman–Crippen LogP) is 5.55. The summed E-state index contributed by atoms with van der Waals surface area (Å²) < 4.78 is 16.7. The van der Waals surface area contributed by atoms with E-state index >= 15 is 0 Å². The van der Waals surface area contributed by atoms with Crippen LogP contribution in [0.25, 0.3) is 6.08 Å². The van der Waals surface area contributed by atoms with E-state index in [0.29, 0.717) is 35.3 Å². The van der Waals surface area contributed by atoms with Gasteiger partial charge in [-0.1, -0.05) is 43.6 Å². The molecule has 0 spiro atoms. The third kappa shape index (κ3) is 7.01. The Labute approximate surface area is 208 Å². The van der Waals surface area contributed by atoms with E-state index in [2.05, 4.69) is 0 Å². The normalized spacial score (nSPS) is 14.7. The highest BCUT2D eigenvalue weighted by atomic mass is 35.5. The number of thioether (sulfide) groups is 1. The number of carbonyl (C=O) groups is 3. The van der Waals surface area contributed by atoms with Gasteiger partial charge in [0.1, 0.15) is 13.2 Å². The molecule has 0 saturated carbocycles. The third-order valence-electron chi connectivity index (χ3n) is 4.61. The lowest BCUT2D eigenvalue weighted by Crippen LogP contribution is -2.34. The Morgan fingerprint density at radius 1 is 1.09 bits per heavy atom. The van der Waals surface area contributed by atoms with Crippen molar-refractivity contribution in [1.29, 1.82) is 0 Å². The SMILES string of the molecule is CCOc1cc(/C=C2/SC(=O)N(CC(=O)OCC(C)C)C2=O)ccc1OCc1ccc(Cl)cc1. The van der Waals surface area contributed by atoms with Crippen LogP contribution in [0, 0.1) is 5.92 Å². The number of benzene rings is 2. The van der Waals surface area contributed by atoms with Crippen molar-refractivity contribution in [3.05, 3.63) is 63.5 Å². The molecule has 3 rings (SSSR count). The Hall–Kier alpha value is -2.97. The van der Waals surface area contributed by atoms with Crippen LogP contribution >= 0.6 is 23.4 Å². The van der Waals surface area contributed by atoms with E-state index < -0.39 is 23.7 Å². The maximum atomic E-state index is 12.7. The average molecular weight is 504 g/mol. The van der Waals surface area contributed by atoms with Crippen LogP contribution in [0.15, 0.2) is 47.4 Å². The topological polar surface area (TPSA) is 82.1 Å². The van der Waals surface area contributed by atoms with Gasteiger partial charge in [0.25, 0.3) is 11.1 Å². The second-order valence-electron chi connectivity index (χ2n) is 7.90. The first kappa shape index (κ1) is 25.6. The fourth-order valence-corrected chi connectivity index (χ4v) is 3.93. The van der Waals surface area contributed by atoms with Crippen molar-refractivity contribution in [2.75, 3.05) is 19.8 Å². The van der Waals surface area contributed by atoms with Crippen molar-refractivity contribution in [3.8, 4) is 11.5 Å². The Bertz CT molecular complexity index is 1080. The van der Waals surface area contributed by atoms with Gasteiger partial charge in [0, 0.05) is 5.02 Å². The fraction of sp³-hybridized carbons (Fsp3) is 0.320. The minimum Gasteiger partial charge on any atom is -0.490 e. The van der Waals surface area contributed by atoms with Gasteiger partial charge in [0.05, 0.1) is 18.1 Å². The predicted molar refractivity (Wildman–Crippen MR) is 132 cm³/mol. The van der Waals surface area contributed by atoms with Crippen LogP contribution in [-0.2, 0) is 20.9 Å². The van der Waals surface area contributed by atoms with Crippen LogP contribution < -0.4 is 9.47 Å². The molecule has 1 heterocycles. The van der Waals surface area contributed by atoms with E-state index in [4.69, 9.17) is 25.8 Å². The number of rotatable bonds is 10. The molecule has 7 nitrogen and oxygen atoms in total. The van der Waals surface area contributed by atoms with E-state index in [0.717, 1.165) is 22.2 Å². The molecule has 0 radical (unpaired) electrons. The summed E-state index contributed by atoms with van der Waals surface area (Å²) in [5, 5.41) is 0.144. The molecule has 1 aliphatic rings. The molecule has 0 aliphatic carbocycles. The molecule has 2 aromatic rings. The summed E-state index contributed by atoms with van der Waals surface area (Å²) in [4.78, 5) is 38.1. The second-order valence-corrected chi connectivity index (χ2v) is 9.33. The molecule has 0 unspecified atom stereocenters. The smallest absolute Gasteiger partial charge is 0.326 e. The van der Waals surface area contributed by atoms with Crippen LogP contribution in [0.1, 0.15) is 31.9 Å². The van der Waals surface area contributed by atoms with Gasteiger partial charge in [-0.25, -0.2) is 0 Å². The van der Waals surface area contributed by atoms with Crippen molar-refractivity contribution >= 4 is 46.6 Å². The zero-order valence-electron chi connectivity index (χ0n) is 19.2. The summed E-state index contributed by atoms with van der Waals surface area (Å²) in [6, 6.07) is 12.6. The molecule has 0 atom stereocenters. The quantitative estimate of drug-likeness (QED) is 0.310. The number of halogens is 1. The zero-order valence-corrected chi connectivity index (χ0v) is 20.8. The first-order valence-corrected chi connectivity index (χ1v) is 12.0. The molecule has 0 aromatic heterocycles. The first-order chi connectivity index (χ1) is 16.3. The van der Waals surface area contributed by atoms with Crippen LogP contribution in [0.5, 0.6) is 11.5 Å². The Balaban J connectivity index is 1.71. The lowest BCUT2D eigenvalue weighted by molar-refractivity contribution is -0.147. The number of imide groups is 1. The second kappa shape index (κ2) is 11.9. The van der Waals surface area contributed by atoms with Crippen molar-refractivity contribution in [2.24, 2.45) is 5.92 Å². The number of amides is 2. The summed E-state index contributed by atoms with van der Waals surface area (Å²) in [5.41, 5.74) is 1.62. The third-order valence-corrected chi connectivity index (χ3v) is 5.77. The van der Waals surface area contributed by atoms with Gasteiger partial charge in [-0.15, -0.1) is 0 Å². The van der Waals surface area contributed by atoms with Gasteiger partial charge in [-0.05, 0) is 66.1 Å². The molecule has 0 bridgehead atoms.